The summed E-state index contributed by atoms with van der Waals surface area (Å²) >= 11 is 1.29. The number of aliphatic hydroxyl groups excluding tert-OH is 1. The molecule has 15 heavy (non-hydrogen) atoms. The Balaban J connectivity index is 2.52. The second-order valence-corrected chi connectivity index (χ2v) is 4.31. The van der Waals surface area contributed by atoms with Gasteiger partial charge in [-0.15, -0.1) is 0 Å². The summed E-state index contributed by atoms with van der Waals surface area (Å²) in [6, 6.07) is 7.67. The van der Waals surface area contributed by atoms with Gasteiger partial charge in [-0.2, -0.15) is 0 Å². The fourth-order valence-electron chi connectivity index (χ4n) is 1.14. The highest BCUT2D eigenvalue weighted by molar-refractivity contribution is 8.13. The van der Waals surface area contributed by atoms with Gasteiger partial charge in [-0.25, -0.2) is 0 Å². The molecule has 0 heterocycles. The predicted molar refractivity (Wildman–Crippen MR) is 64.5 cm³/mol. The lowest BCUT2D eigenvalue weighted by molar-refractivity contribution is -0.109. The first kappa shape index (κ1) is 12.0. The standard InChI is InChI=1S/C12H14O2S/c1-10(14)15-7-3-6-11-4-2-5-12(8-11)9-13/h2-6,8,13H,7,9H2,1H3. The van der Waals surface area contributed by atoms with Crippen LogP contribution in [0.2, 0.25) is 0 Å². The Bertz CT molecular complexity index is 358. The molecule has 0 fully saturated rings. The van der Waals surface area contributed by atoms with Crippen molar-refractivity contribution in [2.75, 3.05) is 5.75 Å². The Labute approximate surface area is 94.0 Å². The first-order valence-corrected chi connectivity index (χ1v) is 5.70. The Morgan fingerprint density at radius 1 is 1.53 bits per heavy atom. The third kappa shape index (κ3) is 4.81. The number of carbonyl (C=O) groups is 1. The minimum Gasteiger partial charge on any atom is -0.392 e. The molecular formula is C12H14O2S. The molecule has 0 aliphatic rings. The van der Waals surface area contributed by atoms with E-state index in [0.717, 1.165) is 11.1 Å². The summed E-state index contributed by atoms with van der Waals surface area (Å²) in [5, 5.41) is 9.06. The number of hydrogen-bond donors (Lipinski definition) is 1. The Morgan fingerprint density at radius 2 is 2.33 bits per heavy atom. The molecule has 0 aliphatic heterocycles. The molecule has 80 valence electrons. The van der Waals surface area contributed by atoms with E-state index in [1.807, 2.05) is 36.4 Å². The SMILES string of the molecule is CC(=O)SCC=Cc1cccc(CO)c1. The van der Waals surface area contributed by atoms with Crippen molar-refractivity contribution in [2.24, 2.45) is 0 Å². The average molecular weight is 222 g/mol. The molecule has 0 saturated heterocycles. The van der Waals surface area contributed by atoms with Gasteiger partial charge in [0, 0.05) is 12.7 Å². The monoisotopic (exact) mass is 222 g/mol. The summed E-state index contributed by atoms with van der Waals surface area (Å²) in [5.41, 5.74) is 1.95. The first-order valence-electron chi connectivity index (χ1n) is 4.72. The van der Waals surface area contributed by atoms with Crippen molar-refractivity contribution in [3.63, 3.8) is 0 Å². The van der Waals surface area contributed by atoms with Gasteiger partial charge in [0.05, 0.1) is 6.61 Å². The summed E-state index contributed by atoms with van der Waals surface area (Å²) in [6.07, 6.45) is 3.90. The molecular weight excluding hydrogens is 208 g/mol. The van der Waals surface area contributed by atoms with Gasteiger partial charge in [-0.1, -0.05) is 42.1 Å². The molecule has 1 N–H and O–H groups in total. The van der Waals surface area contributed by atoms with Crippen LogP contribution in [-0.2, 0) is 11.4 Å². The Morgan fingerprint density at radius 3 is 3.00 bits per heavy atom. The lowest BCUT2D eigenvalue weighted by Gasteiger charge is -1.97. The molecule has 0 saturated carbocycles. The van der Waals surface area contributed by atoms with E-state index in [9.17, 15) is 4.79 Å². The number of hydrogen-bond acceptors (Lipinski definition) is 3. The molecule has 1 aromatic carbocycles. The second-order valence-electron chi connectivity index (χ2n) is 3.11. The number of rotatable bonds is 4. The van der Waals surface area contributed by atoms with Crippen molar-refractivity contribution < 1.29 is 9.90 Å². The lowest BCUT2D eigenvalue weighted by atomic mass is 10.1. The van der Waals surface area contributed by atoms with Gasteiger partial charge < -0.3 is 5.11 Å². The predicted octanol–water partition coefficient (Wildman–Crippen LogP) is 2.47. The highest BCUT2D eigenvalue weighted by atomic mass is 32.2. The summed E-state index contributed by atoms with van der Waals surface area (Å²) in [7, 11) is 0. The van der Waals surface area contributed by atoms with E-state index >= 15 is 0 Å². The fraction of sp³-hybridized carbons (Fsp3) is 0.250. The van der Waals surface area contributed by atoms with Crippen molar-refractivity contribution in [2.45, 2.75) is 13.5 Å². The maximum Gasteiger partial charge on any atom is 0.186 e. The van der Waals surface area contributed by atoms with Gasteiger partial charge in [0.1, 0.15) is 0 Å². The van der Waals surface area contributed by atoms with Crippen LogP contribution in [0, 0.1) is 0 Å². The summed E-state index contributed by atoms with van der Waals surface area (Å²) in [6.45, 7) is 1.62. The summed E-state index contributed by atoms with van der Waals surface area (Å²) < 4.78 is 0. The van der Waals surface area contributed by atoms with Crippen LogP contribution in [0.3, 0.4) is 0 Å². The zero-order valence-electron chi connectivity index (χ0n) is 8.64. The quantitative estimate of drug-likeness (QED) is 0.850. The maximum absolute atomic E-state index is 10.7. The van der Waals surface area contributed by atoms with E-state index in [1.165, 1.54) is 11.8 Å². The third-order valence-corrected chi connectivity index (χ3v) is 2.59. The highest BCUT2D eigenvalue weighted by Gasteiger charge is 1.92. The van der Waals surface area contributed by atoms with E-state index in [1.54, 1.807) is 6.92 Å². The molecule has 0 bridgehead atoms. The zero-order chi connectivity index (χ0) is 11.1. The van der Waals surface area contributed by atoms with Crippen molar-refractivity contribution in [1.29, 1.82) is 0 Å². The van der Waals surface area contributed by atoms with Gasteiger partial charge in [-0.3, -0.25) is 4.79 Å². The van der Waals surface area contributed by atoms with E-state index in [-0.39, 0.29) is 11.7 Å². The van der Waals surface area contributed by atoms with Crippen LogP contribution in [-0.4, -0.2) is 16.0 Å². The van der Waals surface area contributed by atoms with Gasteiger partial charge in [0.2, 0.25) is 0 Å². The molecule has 0 spiro atoms. The van der Waals surface area contributed by atoms with Crippen LogP contribution in [0.4, 0.5) is 0 Å². The van der Waals surface area contributed by atoms with Gasteiger partial charge in [0.15, 0.2) is 5.12 Å². The second kappa shape index (κ2) is 6.43. The summed E-state index contributed by atoms with van der Waals surface area (Å²) in [4.78, 5) is 10.7. The topological polar surface area (TPSA) is 37.3 Å². The molecule has 2 nitrogen and oxygen atoms in total. The zero-order valence-corrected chi connectivity index (χ0v) is 9.46. The minimum absolute atomic E-state index is 0.0594. The number of aliphatic hydroxyl groups is 1. The molecule has 0 aromatic heterocycles. The largest absolute Gasteiger partial charge is 0.392 e. The molecule has 3 heteroatoms. The number of carbonyl (C=O) groups excluding carboxylic acids is 1. The molecule has 0 atom stereocenters. The third-order valence-electron chi connectivity index (χ3n) is 1.83. The van der Waals surface area contributed by atoms with E-state index < -0.39 is 0 Å². The maximum atomic E-state index is 10.7. The van der Waals surface area contributed by atoms with Gasteiger partial charge >= 0.3 is 0 Å². The van der Waals surface area contributed by atoms with E-state index in [0.29, 0.717) is 5.75 Å². The molecule has 0 radical (unpaired) electrons. The highest BCUT2D eigenvalue weighted by Crippen LogP contribution is 2.08. The summed E-state index contributed by atoms with van der Waals surface area (Å²) in [5.74, 6) is 0.693. The van der Waals surface area contributed by atoms with Crippen molar-refractivity contribution in [3.05, 3.63) is 41.5 Å². The average Bonchev–Trinajstić information content (AvgIpc) is 2.24. The fourth-order valence-corrected chi connectivity index (χ4v) is 1.57. The van der Waals surface area contributed by atoms with Crippen LogP contribution in [0.15, 0.2) is 30.3 Å². The van der Waals surface area contributed by atoms with Crippen molar-refractivity contribution in [3.8, 4) is 0 Å². The smallest absolute Gasteiger partial charge is 0.186 e. The van der Waals surface area contributed by atoms with Crippen LogP contribution in [0.5, 0.6) is 0 Å². The van der Waals surface area contributed by atoms with Gasteiger partial charge in [0.25, 0.3) is 0 Å². The van der Waals surface area contributed by atoms with Crippen LogP contribution in [0.25, 0.3) is 6.08 Å². The Hall–Kier alpha value is -1.06. The lowest BCUT2D eigenvalue weighted by Crippen LogP contribution is -1.84. The normalized spacial score (nSPS) is 10.8. The molecule has 0 unspecified atom stereocenters. The Kier molecular flexibility index (Phi) is 5.15. The molecule has 0 amide bonds. The molecule has 0 aliphatic carbocycles. The van der Waals surface area contributed by atoms with E-state index in [2.05, 4.69) is 0 Å². The van der Waals surface area contributed by atoms with Crippen molar-refractivity contribution >= 4 is 23.0 Å². The van der Waals surface area contributed by atoms with E-state index in [4.69, 9.17) is 5.11 Å². The van der Waals surface area contributed by atoms with Crippen LogP contribution in [0.1, 0.15) is 18.1 Å². The van der Waals surface area contributed by atoms with Crippen LogP contribution < -0.4 is 0 Å². The molecule has 1 rings (SSSR count). The first-order chi connectivity index (χ1) is 7.22. The van der Waals surface area contributed by atoms with Crippen molar-refractivity contribution in [1.82, 2.24) is 0 Å². The molecule has 1 aromatic rings. The number of thioether (sulfide) groups is 1. The van der Waals surface area contributed by atoms with Gasteiger partial charge in [-0.05, 0) is 17.2 Å². The van der Waals surface area contributed by atoms with Crippen LogP contribution >= 0.6 is 11.8 Å². The number of benzene rings is 1. The minimum atomic E-state index is 0.0594.